The summed E-state index contributed by atoms with van der Waals surface area (Å²) >= 11 is 0. The van der Waals surface area contributed by atoms with E-state index in [9.17, 15) is 4.39 Å². The topological polar surface area (TPSA) is 37.4 Å². The highest BCUT2D eigenvalue weighted by atomic mass is 19.1. The van der Waals surface area contributed by atoms with Crippen LogP contribution in [0.5, 0.6) is 0 Å². The minimum atomic E-state index is -0.297. The van der Waals surface area contributed by atoms with Gasteiger partial charge in [0.15, 0.2) is 0 Å². The van der Waals surface area contributed by atoms with Crippen LogP contribution in [0.15, 0.2) is 48.8 Å². The van der Waals surface area contributed by atoms with Crippen molar-refractivity contribution in [2.45, 2.75) is 19.0 Å². The van der Waals surface area contributed by atoms with Crippen molar-refractivity contribution in [2.75, 3.05) is 32.8 Å². The second-order valence-electron chi connectivity index (χ2n) is 6.14. The zero-order valence-corrected chi connectivity index (χ0v) is 14.0. The predicted molar refractivity (Wildman–Crippen MR) is 92.2 cm³/mol. The molecule has 2 atom stereocenters. The number of hydrogen-bond donors (Lipinski definition) is 1. The summed E-state index contributed by atoms with van der Waals surface area (Å²) in [5.74, 6) is -0.297. The van der Waals surface area contributed by atoms with Crippen LogP contribution in [0.25, 0.3) is 0 Å². The van der Waals surface area contributed by atoms with Crippen molar-refractivity contribution < 1.29 is 9.13 Å². The first-order valence-electron chi connectivity index (χ1n) is 8.44. The monoisotopic (exact) mass is 329 g/mol. The van der Waals surface area contributed by atoms with Gasteiger partial charge in [0, 0.05) is 37.9 Å². The number of halogens is 1. The van der Waals surface area contributed by atoms with E-state index in [1.165, 1.54) is 17.8 Å². The summed E-state index contributed by atoms with van der Waals surface area (Å²) < 4.78 is 18.9. The van der Waals surface area contributed by atoms with Gasteiger partial charge in [-0.3, -0.25) is 9.88 Å². The molecule has 1 aliphatic rings. The highest BCUT2D eigenvalue weighted by molar-refractivity contribution is 5.20. The minimum absolute atomic E-state index is 0.0421. The number of morpholine rings is 1. The third-order valence-corrected chi connectivity index (χ3v) is 4.51. The van der Waals surface area contributed by atoms with Crippen molar-refractivity contribution >= 4 is 0 Å². The maximum absolute atomic E-state index is 13.4. The Kier molecular flexibility index (Phi) is 5.91. The Morgan fingerprint density at radius 1 is 1.17 bits per heavy atom. The molecule has 5 heteroatoms. The number of ether oxygens (including phenoxy) is 1. The van der Waals surface area contributed by atoms with Crippen molar-refractivity contribution in [3.8, 4) is 0 Å². The number of pyridine rings is 1. The molecule has 1 aromatic heterocycles. The maximum Gasteiger partial charge on any atom is 0.141 e. The molecule has 0 unspecified atom stereocenters. The van der Waals surface area contributed by atoms with Crippen molar-refractivity contribution in [2.24, 2.45) is 0 Å². The molecule has 2 aromatic rings. The molecule has 128 valence electrons. The first-order chi connectivity index (χ1) is 11.7. The molecule has 2 heterocycles. The second-order valence-corrected chi connectivity index (χ2v) is 6.14. The highest BCUT2D eigenvalue weighted by Gasteiger charge is 2.23. The van der Waals surface area contributed by atoms with Gasteiger partial charge < -0.3 is 10.1 Å². The number of nitrogens with one attached hydrogen (secondary N) is 1. The van der Waals surface area contributed by atoms with Crippen molar-refractivity contribution in [1.29, 1.82) is 0 Å². The van der Waals surface area contributed by atoms with Crippen LogP contribution in [-0.4, -0.2) is 42.7 Å². The number of hydrogen-bond acceptors (Lipinski definition) is 4. The van der Waals surface area contributed by atoms with E-state index in [1.54, 1.807) is 6.20 Å². The lowest BCUT2D eigenvalue weighted by molar-refractivity contribution is 0.0157. The quantitative estimate of drug-likeness (QED) is 0.884. The van der Waals surface area contributed by atoms with Gasteiger partial charge in [-0.2, -0.15) is 0 Å². The van der Waals surface area contributed by atoms with E-state index in [4.69, 9.17) is 4.74 Å². The molecule has 1 fully saturated rings. The lowest BCUT2D eigenvalue weighted by Gasteiger charge is -2.35. The molecule has 24 heavy (non-hydrogen) atoms. The second kappa shape index (κ2) is 8.33. The fraction of sp³-hybridized carbons (Fsp3) is 0.421. The summed E-state index contributed by atoms with van der Waals surface area (Å²) in [5.41, 5.74) is 2.15. The van der Waals surface area contributed by atoms with E-state index in [0.717, 1.165) is 38.4 Å². The van der Waals surface area contributed by atoms with Gasteiger partial charge in [0.25, 0.3) is 0 Å². The summed E-state index contributed by atoms with van der Waals surface area (Å²) in [4.78, 5) is 6.39. The molecule has 1 aromatic carbocycles. The first-order valence-corrected chi connectivity index (χ1v) is 8.44. The molecule has 1 aliphatic heterocycles. The third kappa shape index (κ3) is 4.38. The summed E-state index contributed by atoms with van der Waals surface area (Å²) in [7, 11) is 0. The summed E-state index contributed by atoms with van der Waals surface area (Å²) in [6.45, 7) is 6.23. The molecule has 0 spiro atoms. The van der Waals surface area contributed by atoms with Crippen LogP contribution in [0.2, 0.25) is 0 Å². The third-order valence-electron chi connectivity index (χ3n) is 4.51. The Bertz CT molecular complexity index is 632. The lowest BCUT2D eigenvalue weighted by Crippen LogP contribution is -2.43. The number of benzene rings is 1. The van der Waals surface area contributed by atoms with E-state index in [2.05, 4.69) is 39.5 Å². The molecule has 0 saturated carbocycles. The SMILES string of the molecule is C[C@@H](NC[C@@H](c1ccccc1)N1CCOCC1)c1cncc(F)c1. The number of aromatic nitrogens is 1. The lowest BCUT2D eigenvalue weighted by atomic mass is 10.0. The molecule has 0 aliphatic carbocycles. The van der Waals surface area contributed by atoms with Gasteiger partial charge in [-0.1, -0.05) is 30.3 Å². The molecule has 0 radical (unpaired) electrons. The van der Waals surface area contributed by atoms with Crippen molar-refractivity contribution in [3.63, 3.8) is 0 Å². The van der Waals surface area contributed by atoms with Crippen LogP contribution < -0.4 is 5.32 Å². The fourth-order valence-corrected chi connectivity index (χ4v) is 3.09. The zero-order valence-electron chi connectivity index (χ0n) is 14.0. The average Bonchev–Trinajstić information content (AvgIpc) is 2.63. The smallest absolute Gasteiger partial charge is 0.141 e. The largest absolute Gasteiger partial charge is 0.379 e. The van der Waals surface area contributed by atoms with Crippen LogP contribution in [0.3, 0.4) is 0 Å². The summed E-state index contributed by atoms with van der Waals surface area (Å²) in [5, 5.41) is 3.53. The van der Waals surface area contributed by atoms with E-state index >= 15 is 0 Å². The van der Waals surface area contributed by atoms with Crippen LogP contribution in [0.1, 0.15) is 30.1 Å². The zero-order chi connectivity index (χ0) is 16.8. The number of nitrogens with zero attached hydrogens (tertiary/aromatic N) is 2. The molecular formula is C19H24FN3O. The van der Waals surface area contributed by atoms with Crippen LogP contribution in [0, 0.1) is 5.82 Å². The molecule has 0 bridgehead atoms. The van der Waals surface area contributed by atoms with E-state index < -0.39 is 0 Å². The van der Waals surface area contributed by atoms with Crippen LogP contribution >= 0.6 is 0 Å². The molecule has 0 amide bonds. The van der Waals surface area contributed by atoms with Gasteiger partial charge in [-0.05, 0) is 24.1 Å². The minimum Gasteiger partial charge on any atom is -0.379 e. The van der Waals surface area contributed by atoms with Crippen LogP contribution in [0.4, 0.5) is 4.39 Å². The Morgan fingerprint density at radius 2 is 1.92 bits per heavy atom. The average molecular weight is 329 g/mol. The fourth-order valence-electron chi connectivity index (χ4n) is 3.09. The predicted octanol–water partition coefficient (Wildman–Crippen LogP) is 2.94. The standard InChI is InChI=1S/C19H24FN3O/c1-15(17-11-18(20)13-21-12-17)22-14-19(16-5-3-2-4-6-16)23-7-9-24-10-8-23/h2-6,11-13,15,19,22H,7-10,14H2,1H3/t15-,19+/m1/s1. The van der Waals surface area contributed by atoms with Crippen molar-refractivity contribution in [3.05, 3.63) is 65.7 Å². The Hall–Kier alpha value is -1.82. The van der Waals surface area contributed by atoms with E-state index in [0.29, 0.717) is 0 Å². The summed E-state index contributed by atoms with van der Waals surface area (Å²) in [6, 6.07) is 12.4. The van der Waals surface area contributed by atoms with Gasteiger partial charge >= 0.3 is 0 Å². The highest BCUT2D eigenvalue weighted by Crippen LogP contribution is 2.22. The Balaban J connectivity index is 1.69. The Labute approximate surface area is 142 Å². The van der Waals surface area contributed by atoms with Crippen LogP contribution in [-0.2, 0) is 4.74 Å². The molecule has 1 N–H and O–H groups in total. The van der Waals surface area contributed by atoms with E-state index in [1.807, 2.05) is 13.0 Å². The van der Waals surface area contributed by atoms with Gasteiger partial charge in [-0.25, -0.2) is 4.39 Å². The summed E-state index contributed by atoms with van der Waals surface area (Å²) in [6.07, 6.45) is 2.95. The number of rotatable bonds is 6. The molecular weight excluding hydrogens is 305 g/mol. The van der Waals surface area contributed by atoms with Gasteiger partial charge in [0.05, 0.1) is 19.4 Å². The van der Waals surface area contributed by atoms with Gasteiger partial charge in [0.2, 0.25) is 0 Å². The molecule has 3 rings (SSSR count). The Morgan fingerprint density at radius 3 is 2.62 bits per heavy atom. The normalized spacial score (nSPS) is 18.2. The first kappa shape index (κ1) is 17.0. The van der Waals surface area contributed by atoms with Crippen molar-refractivity contribution in [1.82, 2.24) is 15.2 Å². The molecule has 1 saturated heterocycles. The van der Waals surface area contributed by atoms with E-state index in [-0.39, 0.29) is 17.9 Å². The molecule has 4 nitrogen and oxygen atoms in total. The van der Waals surface area contributed by atoms with Gasteiger partial charge in [0.1, 0.15) is 5.82 Å². The maximum atomic E-state index is 13.4. The van der Waals surface area contributed by atoms with Gasteiger partial charge in [-0.15, -0.1) is 0 Å².